The van der Waals surface area contributed by atoms with Crippen molar-refractivity contribution in [1.82, 2.24) is 14.7 Å². The van der Waals surface area contributed by atoms with Crippen LogP contribution in [-0.4, -0.2) is 33.2 Å². The van der Waals surface area contributed by atoms with Gasteiger partial charge in [-0.25, -0.2) is 4.79 Å². The molecular weight excluding hydrogens is 423 g/mol. The number of hydrogen-bond acceptors (Lipinski definition) is 4. The van der Waals surface area contributed by atoms with Crippen molar-refractivity contribution in [2.45, 2.75) is 13.1 Å². The Hall–Kier alpha value is -2.61. The van der Waals surface area contributed by atoms with Gasteiger partial charge < -0.3 is 16.0 Å². The van der Waals surface area contributed by atoms with Crippen molar-refractivity contribution >= 4 is 40.2 Å². The number of anilines is 1. The first-order valence-corrected chi connectivity index (χ1v) is 8.18. The van der Waals surface area contributed by atoms with Crippen LogP contribution in [0.15, 0.2) is 24.3 Å². The van der Waals surface area contributed by atoms with Crippen molar-refractivity contribution in [3.05, 3.63) is 44.8 Å². The van der Waals surface area contributed by atoms with Gasteiger partial charge in [0.1, 0.15) is 3.70 Å². The summed E-state index contributed by atoms with van der Waals surface area (Å²) in [4.78, 5) is 25.5. The summed E-state index contributed by atoms with van der Waals surface area (Å²) in [6, 6.07) is 8.09. The minimum absolute atomic E-state index is 0.251. The summed E-state index contributed by atoms with van der Waals surface area (Å²) < 4.78 is 2.30. The highest BCUT2D eigenvalue weighted by molar-refractivity contribution is 14.1. The Morgan fingerprint density at radius 3 is 2.62 bits per heavy atom. The second-order valence-corrected chi connectivity index (χ2v) is 6.26. The average molecular weight is 436 g/mol. The molecule has 24 heavy (non-hydrogen) atoms. The fourth-order valence-corrected chi connectivity index (χ4v) is 3.34. The Balaban J connectivity index is 1.86. The van der Waals surface area contributed by atoms with Gasteiger partial charge >= 0.3 is 6.03 Å². The largest absolute Gasteiger partial charge is 0.351 e. The van der Waals surface area contributed by atoms with Gasteiger partial charge in [-0.15, -0.1) is 0 Å². The normalized spacial score (nSPS) is 13.1. The smallest absolute Gasteiger partial charge is 0.315 e. The van der Waals surface area contributed by atoms with E-state index in [1.807, 2.05) is 28.7 Å². The summed E-state index contributed by atoms with van der Waals surface area (Å²) in [6.45, 7) is 1.22. The summed E-state index contributed by atoms with van der Waals surface area (Å²) in [5, 5.41) is 16.0. The fraction of sp³-hybridized carbons (Fsp3) is 0.200. The number of fused-ring (bicyclic) bond motifs is 1. The molecule has 3 amide bonds. The van der Waals surface area contributed by atoms with Gasteiger partial charge in [0, 0.05) is 12.2 Å². The summed E-state index contributed by atoms with van der Waals surface area (Å²) in [5.41, 5.74) is 7.53. The number of primary amides is 1. The van der Waals surface area contributed by atoms with E-state index in [9.17, 15) is 9.59 Å². The Morgan fingerprint density at radius 2 is 2.00 bits per heavy atom. The lowest BCUT2D eigenvalue weighted by atomic mass is 10.1. The van der Waals surface area contributed by atoms with Crippen molar-refractivity contribution in [3.8, 4) is 6.07 Å². The maximum Gasteiger partial charge on any atom is 0.315 e. The van der Waals surface area contributed by atoms with E-state index in [1.165, 1.54) is 4.90 Å². The standard InChI is InChI=1S/C15H13IN6O2/c16-13-12(11-8-21(15(18)24)5-6-22(11)20-13)14(23)19-10-3-1-9(7-17)2-4-10/h1-4H,5-6,8H2,(H2,18,24)(H,19,23). The number of amides is 3. The minimum Gasteiger partial charge on any atom is -0.351 e. The zero-order chi connectivity index (χ0) is 17.3. The molecule has 9 heteroatoms. The molecule has 0 atom stereocenters. The van der Waals surface area contributed by atoms with Gasteiger partial charge in [-0.05, 0) is 46.9 Å². The van der Waals surface area contributed by atoms with Gasteiger partial charge in [0.2, 0.25) is 0 Å². The lowest BCUT2D eigenvalue weighted by Crippen LogP contribution is -2.42. The zero-order valence-electron chi connectivity index (χ0n) is 12.5. The summed E-state index contributed by atoms with van der Waals surface area (Å²) in [7, 11) is 0. The van der Waals surface area contributed by atoms with Crippen LogP contribution in [0.4, 0.5) is 10.5 Å². The highest BCUT2D eigenvalue weighted by Crippen LogP contribution is 2.23. The van der Waals surface area contributed by atoms with Crippen LogP contribution in [0, 0.1) is 15.0 Å². The van der Waals surface area contributed by atoms with Crippen molar-refractivity contribution in [2.24, 2.45) is 5.73 Å². The highest BCUT2D eigenvalue weighted by atomic mass is 127. The van der Waals surface area contributed by atoms with Gasteiger partial charge in [0.25, 0.3) is 5.91 Å². The number of aromatic nitrogens is 2. The molecule has 8 nitrogen and oxygen atoms in total. The van der Waals surface area contributed by atoms with E-state index >= 15 is 0 Å². The first kappa shape index (κ1) is 16.3. The van der Waals surface area contributed by atoms with Gasteiger partial charge in [-0.2, -0.15) is 10.4 Å². The predicted octanol–water partition coefficient (Wildman–Crippen LogP) is 1.51. The fourth-order valence-electron chi connectivity index (χ4n) is 2.52. The number of carbonyl (C=O) groups is 2. The Labute approximate surface area is 151 Å². The molecule has 1 aliphatic rings. The molecule has 0 unspecified atom stereocenters. The topological polar surface area (TPSA) is 117 Å². The van der Waals surface area contributed by atoms with Crippen LogP contribution in [0.5, 0.6) is 0 Å². The number of nitriles is 1. The lowest BCUT2D eigenvalue weighted by Gasteiger charge is -2.26. The monoisotopic (exact) mass is 436 g/mol. The van der Waals surface area contributed by atoms with Crippen LogP contribution in [0.3, 0.4) is 0 Å². The highest BCUT2D eigenvalue weighted by Gasteiger charge is 2.28. The number of hydrogen-bond donors (Lipinski definition) is 2. The van der Waals surface area contributed by atoms with E-state index in [0.717, 1.165) is 0 Å². The van der Waals surface area contributed by atoms with Crippen LogP contribution in [0.1, 0.15) is 21.6 Å². The number of benzene rings is 1. The second-order valence-electron chi connectivity index (χ2n) is 5.24. The molecule has 0 bridgehead atoms. The number of nitrogens with two attached hydrogens (primary N) is 1. The molecule has 3 rings (SSSR count). The van der Waals surface area contributed by atoms with Gasteiger partial charge in [-0.1, -0.05) is 0 Å². The van der Waals surface area contributed by atoms with Crippen molar-refractivity contribution < 1.29 is 9.59 Å². The maximum atomic E-state index is 12.6. The lowest BCUT2D eigenvalue weighted by molar-refractivity contribution is 0.102. The molecule has 2 heterocycles. The molecule has 1 aromatic heterocycles. The molecule has 2 aromatic rings. The molecule has 0 saturated carbocycles. The SMILES string of the molecule is N#Cc1ccc(NC(=O)c2c(I)nn3c2CN(C(N)=O)CC3)cc1. The van der Waals surface area contributed by atoms with Crippen LogP contribution < -0.4 is 11.1 Å². The molecule has 0 spiro atoms. The summed E-state index contributed by atoms with van der Waals surface area (Å²) >= 11 is 2.00. The molecule has 0 aliphatic carbocycles. The van der Waals surface area contributed by atoms with Crippen LogP contribution in [0.25, 0.3) is 0 Å². The molecule has 0 fully saturated rings. The molecular formula is C15H13IN6O2. The molecule has 1 aliphatic heterocycles. The molecule has 0 radical (unpaired) electrons. The molecule has 0 saturated heterocycles. The minimum atomic E-state index is -0.518. The quantitative estimate of drug-likeness (QED) is 0.694. The average Bonchev–Trinajstić information content (AvgIpc) is 2.90. The number of urea groups is 1. The number of carbonyl (C=O) groups excluding carboxylic acids is 2. The van der Waals surface area contributed by atoms with Crippen LogP contribution in [0.2, 0.25) is 0 Å². The van der Waals surface area contributed by atoms with Crippen molar-refractivity contribution in [3.63, 3.8) is 0 Å². The summed E-state index contributed by atoms with van der Waals surface area (Å²) in [6.07, 6.45) is 0. The molecule has 1 aromatic carbocycles. The molecule has 3 N–H and O–H groups in total. The van der Waals surface area contributed by atoms with Crippen LogP contribution in [-0.2, 0) is 13.1 Å². The zero-order valence-corrected chi connectivity index (χ0v) is 14.6. The third-order valence-corrected chi connectivity index (χ3v) is 4.50. The first-order valence-electron chi connectivity index (χ1n) is 7.10. The van der Waals surface area contributed by atoms with Gasteiger partial charge in [-0.3, -0.25) is 9.48 Å². The van der Waals surface area contributed by atoms with E-state index in [4.69, 9.17) is 11.0 Å². The first-order chi connectivity index (χ1) is 11.5. The van der Waals surface area contributed by atoms with E-state index in [2.05, 4.69) is 10.4 Å². The third-order valence-electron chi connectivity index (χ3n) is 3.75. The number of rotatable bonds is 2. The van der Waals surface area contributed by atoms with E-state index in [-0.39, 0.29) is 12.5 Å². The Bertz CT molecular complexity index is 852. The van der Waals surface area contributed by atoms with E-state index in [0.29, 0.717) is 39.3 Å². The van der Waals surface area contributed by atoms with Crippen LogP contribution >= 0.6 is 22.6 Å². The van der Waals surface area contributed by atoms with E-state index < -0.39 is 6.03 Å². The third kappa shape index (κ3) is 3.05. The second kappa shape index (κ2) is 6.48. The predicted molar refractivity (Wildman–Crippen MR) is 94.0 cm³/mol. The van der Waals surface area contributed by atoms with Gasteiger partial charge in [0.15, 0.2) is 0 Å². The Kier molecular flexibility index (Phi) is 4.39. The Morgan fingerprint density at radius 1 is 1.29 bits per heavy atom. The number of halogens is 1. The number of nitrogens with one attached hydrogen (secondary N) is 1. The van der Waals surface area contributed by atoms with Crippen molar-refractivity contribution in [1.29, 1.82) is 5.26 Å². The maximum absolute atomic E-state index is 12.6. The molecule has 122 valence electrons. The van der Waals surface area contributed by atoms with Crippen molar-refractivity contribution in [2.75, 3.05) is 11.9 Å². The van der Waals surface area contributed by atoms with Gasteiger partial charge in [0.05, 0.1) is 36.0 Å². The summed E-state index contributed by atoms with van der Waals surface area (Å²) in [5.74, 6) is -0.309. The van der Waals surface area contributed by atoms with E-state index in [1.54, 1.807) is 28.9 Å². The number of nitrogens with zero attached hydrogens (tertiary/aromatic N) is 4.